The SMILES string of the molecule is Cc1ccc(-c2n[nH]c(=S)n2CCC(=O)NCc2ccc(-n3ccnc3C)c(F)c2)cc1. The van der Waals surface area contributed by atoms with Gasteiger partial charge in [-0.15, -0.1) is 0 Å². The Kier molecular flexibility index (Phi) is 6.27. The van der Waals surface area contributed by atoms with E-state index in [0.717, 1.165) is 11.1 Å². The predicted molar refractivity (Wildman–Crippen MR) is 122 cm³/mol. The van der Waals surface area contributed by atoms with E-state index in [1.807, 2.05) is 42.7 Å². The predicted octanol–water partition coefficient (Wildman–Crippen LogP) is 4.26. The summed E-state index contributed by atoms with van der Waals surface area (Å²) in [4.78, 5) is 16.5. The molecule has 0 fully saturated rings. The first kappa shape index (κ1) is 21.6. The molecule has 0 aliphatic rings. The van der Waals surface area contributed by atoms with E-state index in [1.165, 1.54) is 6.07 Å². The third kappa shape index (κ3) is 4.67. The number of nitrogens with one attached hydrogen (secondary N) is 2. The minimum Gasteiger partial charge on any atom is -0.352 e. The number of aromatic nitrogens is 5. The number of hydrogen-bond acceptors (Lipinski definition) is 4. The molecule has 1 amide bonds. The van der Waals surface area contributed by atoms with Gasteiger partial charge in [0.25, 0.3) is 0 Å². The molecule has 2 N–H and O–H groups in total. The van der Waals surface area contributed by atoms with Gasteiger partial charge in [0.2, 0.25) is 5.91 Å². The van der Waals surface area contributed by atoms with Crippen LogP contribution in [0.3, 0.4) is 0 Å². The van der Waals surface area contributed by atoms with Crippen molar-refractivity contribution in [2.24, 2.45) is 0 Å². The number of imidazole rings is 1. The van der Waals surface area contributed by atoms with Crippen molar-refractivity contribution in [2.75, 3.05) is 0 Å². The summed E-state index contributed by atoms with van der Waals surface area (Å²) >= 11 is 5.33. The molecule has 7 nitrogen and oxygen atoms in total. The normalized spacial score (nSPS) is 11.0. The number of rotatable bonds is 7. The number of halogens is 1. The van der Waals surface area contributed by atoms with Gasteiger partial charge in [0.1, 0.15) is 11.6 Å². The molecule has 32 heavy (non-hydrogen) atoms. The number of benzene rings is 2. The third-order valence-electron chi connectivity index (χ3n) is 5.22. The maximum Gasteiger partial charge on any atom is 0.222 e. The Morgan fingerprint density at radius 2 is 1.97 bits per heavy atom. The zero-order valence-corrected chi connectivity index (χ0v) is 18.6. The van der Waals surface area contributed by atoms with Crippen LogP contribution < -0.4 is 5.32 Å². The maximum absolute atomic E-state index is 14.5. The van der Waals surface area contributed by atoms with Gasteiger partial charge in [-0.3, -0.25) is 14.5 Å². The highest BCUT2D eigenvalue weighted by Gasteiger charge is 2.12. The van der Waals surface area contributed by atoms with E-state index in [4.69, 9.17) is 12.2 Å². The molecule has 0 saturated heterocycles. The van der Waals surface area contributed by atoms with Crippen molar-refractivity contribution in [1.82, 2.24) is 29.6 Å². The molecule has 0 radical (unpaired) electrons. The Morgan fingerprint density at radius 1 is 1.19 bits per heavy atom. The topological polar surface area (TPSA) is 80.5 Å². The molecule has 0 atom stereocenters. The van der Waals surface area contributed by atoms with E-state index in [1.54, 1.807) is 29.1 Å². The molecule has 164 valence electrons. The number of amides is 1. The average molecular weight is 451 g/mol. The Morgan fingerprint density at radius 3 is 2.66 bits per heavy atom. The van der Waals surface area contributed by atoms with Gasteiger partial charge in [-0.2, -0.15) is 5.10 Å². The Hall–Kier alpha value is -3.59. The summed E-state index contributed by atoms with van der Waals surface area (Å²) in [5.74, 6) is 0.867. The van der Waals surface area contributed by atoms with E-state index in [9.17, 15) is 9.18 Å². The Labute approximate surface area is 189 Å². The molecular formula is C23H23FN6OS. The van der Waals surface area contributed by atoms with Crippen LogP contribution in [0.2, 0.25) is 0 Å². The third-order valence-corrected chi connectivity index (χ3v) is 5.53. The summed E-state index contributed by atoms with van der Waals surface area (Å²) in [6.07, 6.45) is 3.56. The fourth-order valence-corrected chi connectivity index (χ4v) is 3.66. The van der Waals surface area contributed by atoms with Crippen molar-refractivity contribution < 1.29 is 9.18 Å². The van der Waals surface area contributed by atoms with Crippen LogP contribution in [0.15, 0.2) is 54.9 Å². The van der Waals surface area contributed by atoms with Crippen LogP contribution in [0.1, 0.15) is 23.4 Å². The smallest absolute Gasteiger partial charge is 0.222 e. The van der Waals surface area contributed by atoms with Crippen molar-refractivity contribution in [2.45, 2.75) is 33.4 Å². The van der Waals surface area contributed by atoms with Crippen LogP contribution in [0.4, 0.5) is 4.39 Å². The highest BCUT2D eigenvalue weighted by atomic mass is 32.1. The first-order chi connectivity index (χ1) is 15.4. The molecule has 2 heterocycles. The number of carbonyl (C=O) groups is 1. The molecule has 0 bridgehead atoms. The molecule has 2 aromatic heterocycles. The number of aryl methyl sites for hydroxylation is 2. The van der Waals surface area contributed by atoms with E-state index in [2.05, 4.69) is 20.5 Å². The van der Waals surface area contributed by atoms with Crippen molar-refractivity contribution in [3.05, 3.63) is 82.4 Å². The van der Waals surface area contributed by atoms with E-state index in [0.29, 0.717) is 34.2 Å². The molecule has 2 aromatic carbocycles. The quantitative estimate of drug-likeness (QED) is 0.413. The largest absolute Gasteiger partial charge is 0.352 e. The lowest BCUT2D eigenvalue weighted by Crippen LogP contribution is -2.24. The Balaban J connectivity index is 1.37. The fourth-order valence-electron chi connectivity index (χ4n) is 3.44. The van der Waals surface area contributed by atoms with Crippen molar-refractivity contribution in [3.63, 3.8) is 0 Å². The van der Waals surface area contributed by atoms with Gasteiger partial charge in [0.15, 0.2) is 10.6 Å². The lowest BCUT2D eigenvalue weighted by Gasteiger charge is -2.10. The monoisotopic (exact) mass is 450 g/mol. The highest BCUT2D eigenvalue weighted by Crippen LogP contribution is 2.19. The standard InChI is InChI=1S/C23H23FN6OS/c1-15-3-6-18(7-4-15)22-27-28-23(32)30(22)11-9-21(31)26-14-17-5-8-20(19(24)13-17)29-12-10-25-16(29)2/h3-8,10,12-13H,9,11,14H2,1-2H3,(H,26,31)(H,28,32). The minimum atomic E-state index is -0.370. The van der Waals surface area contributed by atoms with Crippen molar-refractivity contribution in [3.8, 4) is 17.1 Å². The van der Waals surface area contributed by atoms with Gasteiger partial charge in [-0.05, 0) is 43.8 Å². The first-order valence-electron chi connectivity index (χ1n) is 10.2. The number of hydrogen-bond donors (Lipinski definition) is 2. The second-order valence-electron chi connectivity index (χ2n) is 7.53. The van der Waals surface area contributed by atoms with Gasteiger partial charge < -0.3 is 9.88 Å². The number of H-pyrrole nitrogens is 1. The van der Waals surface area contributed by atoms with Crippen LogP contribution in [-0.2, 0) is 17.9 Å². The lowest BCUT2D eigenvalue weighted by atomic mass is 10.1. The van der Waals surface area contributed by atoms with Crippen LogP contribution >= 0.6 is 12.2 Å². The van der Waals surface area contributed by atoms with Gasteiger partial charge in [0.05, 0.1) is 5.69 Å². The van der Waals surface area contributed by atoms with Gasteiger partial charge in [-0.25, -0.2) is 9.37 Å². The van der Waals surface area contributed by atoms with Gasteiger partial charge in [0, 0.05) is 37.5 Å². The molecule has 0 unspecified atom stereocenters. The minimum absolute atomic E-state index is 0.155. The molecule has 9 heteroatoms. The van der Waals surface area contributed by atoms with Crippen molar-refractivity contribution >= 4 is 18.1 Å². The highest BCUT2D eigenvalue weighted by molar-refractivity contribution is 7.71. The lowest BCUT2D eigenvalue weighted by molar-refractivity contribution is -0.121. The van der Waals surface area contributed by atoms with Gasteiger partial charge in [-0.1, -0.05) is 35.9 Å². The second kappa shape index (κ2) is 9.27. The fraction of sp³-hybridized carbons (Fsp3) is 0.217. The molecule has 4 aromatic rings. The van der Waals surface area contributed by atoms with Crippen molar-refractivity contribution in [1.29, 1.82) is 0 Å². The Bertz CT molecular complexity index is 1300. The number of nitrogens with zero attached hydrogens (tertiary/aromatic N) is 4. The molecule has 0 saturated carbocycles. The first-order valence-corrected chi connectivity index (χ1v) is 10.6. The summed E-state index contributed by atoms with van der Waals surface area (Å²) in [5, 5.41) is 9.93. The summed E-state index contributed by atoms with van der Waals surface area (Å²) in [6.45, 7) is 4.45. The average Bonchev–Trinajstić information content (AvgIpc) is 3.36. The molecule has 4 rings (SSSR count). The molecule has 0 spiro atoms. The van der Waals surface area contributed by atoms with E-state index < -0.39 is 0 Å². The van der Waals surface area contributed by atoms with Crippen LogP contribution in [0.5, 0.6) is 0 Å². The number of aromatic amines is 1. The van der Waals surface area contributed by atoms with Crippen LogP contribution in [0, 0.1) is 24.4 Å². The summed E-state index contributed by atoms with van der Waals surface area (Å²) < 4.78 is 18.5. The van der Waals surface area contributed by atoms with Crippen LogP contribution in [-0.4, -0.2) is 30.2 Å². The molecule has 0 aliphatic heterocycles. The summed E-state index contributed by atoms with van der Waals surface area (Å²) in [6, 6.07) is 12.9. The summed E-state index contributed by atoms with van der Waals surface area (Å²) in [7, 11) is 0. The van der Waals surface area contributed by atoms with E-state index in [-0.39, 0.29) is 24.7 Å². The zero-order chi connectivity index (χ0) is 22.7. The number of carbonyl (C=O) groups excluding carboxylic acids is 1. The van der Waals surface area contributed by atoms with E-state index >= 15 is 0 Å². The molecule has 0 aliphatic carbocycles. The molecular weight excluding hydrogens is 427 g/mol. The van der Waals surface area contributed by atoms with Crippen LogP contribution in [0.25, 0.3) is 17.1 Å². The zero-order valence-electron chi connectivity index (χ0n) is 17.8. The van der Waals surface area contributed by atoms with Gasteiger partial charge >= 0.3 is 0 Å². The maximum atomic E-state index is 14.5. The second-order valence-corrected chi connectivity index (χ2v) is 7.91. The summed E-state index contributed by atoms with van der Waals surface area (Å²) in [5.41, 5.74) is 3.18.